The molecule has 5 nitrogen and oxygen atoms in total. The summed E-state index contributed by atoms with van der Waals surface area (Å²) in [6, 6.07) is 2.44. The van der Waals surface area contributed by atoms with Gasteiger partial charge in [-0.1, -0.05) is 32.1 Å². The number of thiophene rings is 1. The lowest BCUT2D eigenvalue weighted by atomic mass is 9.97. The molecule has 0 atom stereocenters. The van der Waals surface area contributed by atoms with Crippen LogP contribution in [0.4, 0.5) is 10.7 Å². The highest BCUT2D eigenvalue weighted by molar-refractivity contribution is 7.18. The van der Waals surface area contributed by atoms with Gasteiger partial charge in [-0.3, -0.25) is 0 Å². The van der Waals surface area contributed by atoms with Gasteiger partial charge >= 0.3 is 5.97 Å². The summed E-state index contributed by atoms with van der Waals surface area (Å²) in [5.74, 6) is -0.486. The molecule has 114 valence electrons. The Bertz CT molecular complexity index is 540. The molecule has 0 radical (unpaired) electrons. The molecule has 1 aliphatic carbocycles. The van der Waals surface area contributed by atoms with Crippen molar-refractivity contribution >= 4 is 28.0 Å². The van der Waals surface area contributed by atoms with Crippen molar-refractivity contribution in [3.8, 4) is 6.07 Å². The number of nitrogens with zero attached hydrogens (tertiary/aromatic N) is 1. The fourth-order valence-electron chi connectivity index (χ4n) is 2.69. The van der Waals surface area contributed by atoms with Gasteiger partial charge in [0.2, 0.25) is 0 Å². The molecule has 0 bridgehead atoms. The fourth-order valence-corrected chi connectivity index (χ4v) is 3.75. The third kappa shape index (κ3) is 3.67. The van der Waals surface area contributed by atoms with Gasteiger partial charge in [0.25, 0.3) is 0 Å². The molecule has 0 aliphatic heterocycles. The monoisotopic (exact) mass is 307 g/mol. The second-order valence-electron chi connectivity index (χ2n) is 5.34. The minimum atomic E-state index is -0.486. The van der Waals surface area contributed by atoms with E-state index < -0.39 is 5.97 Å². The van der Waals surface area contributed by atoms with E-state index in [1.807, 2.05) is 0 Å². The van der Waals surface area contributed by atoms with Crippen molar-refractivity contribution in [2.45, 2.75) is 51.0 Å². The number of nitrogens with one attached hydrogen (secondary N) is 1. The fraction of sp³-hybridized carbons (Fsp3) is 0.600. The number of anilines is 2. The predicted molar refractivity (Wildman–Crippen MR) is 84.5 cm³/mol. The maximum Gasteiger partial charge on any atom is 0.350 e. The second-order valence-corrected chi connectivity index (χ2v) is 6.36. The molecular weight excluding hydrogens is 286 g/mol. The van der Waals surface area contributed by atoms with Gasteiger partial charge in [0.1, 0.15) is 21.5 Å². The Hall–Kier alpha value is -1.74. The summed E-state index contributed by atoms with van der Waals surface area (Å²) in [6.45, 7) is 0. The van der Waals surface area contributed by atoms with Crippen molar-refractivity contribution in [1.29, 1.82) is 5.26 Å². The minimum absolute atomic E-state index is 0.225. The number of esters is 1. The van der Waals surface area contributed by atoms with Gasteiger partial charge in [-0.25, -0.2) is 4.79 Å². The summed E-state index contributed by atoms with van der Waals surface area (Å²) in [7, 11) is 1.31. The molecule has 6 heteroatoms. The number of carbonyl (C=O) groups excluding carboxylic acids is 1. The quantitative estimate of drug-likeness (QED) is 0.834. The normalized spacial score (nSPS) is 16.6. The highest BCUT2D eigenvalue weighted by atomic mass is 32.1. The number of rotatable bonds is 3. The van der Waals surface area contributed by atoms with Gasteiger partial charge in [0.05, 0.1) is 12.8 Å². The van der Waals surface area contributed by atoms with E-state index in [-0.39, 0.29) is 5.69 Å². The molecule has 0 saturated heterocycles. The van der Waals surface area contributed by atoms with Crippen LogP contribution in [0.2, 0.25) is 0 Å². The van der Waals surface area contributed by atoms with Crippen LogP contribution in [-0.4, -0.2) is 19.1 Å². The van der Waals surface area contributed by atoms with Crippen LogP contribution in [0, 0.1) is 11.3 Å². The van der Waals surface area contributed by atoms with E-state index in [1.165, 1.54) is 50.6 Å². The molecule has 1 aromatic heterocycles. The smallest absolute Gasteiger partial charge is 0.350 e. The lowest BCUT2D eigenvalue weighted by Crippen LogP contribution is -2.20. The first-order chi connectivity index (χ1) is 10.2. The Morgan fingerprint density at radius 3 is 2.52 bits per heavy atom. The molecule has 21 heavy (non-hydrogen) atoms. The van der Waals surface area contributed by atoms with E-state index >= 15 is 0 Å². The maximum atomic E-state index is 11.7. The van der Waals surface area contributed by atoms with E-state index in [0.29, 0.717) is 21.5 Å². The summed E-state index contributed by atoms with van der Waals surface area (Å²) < 4.78 is 4.71. The van der Waals surface area contributed by atoms with E-state index in [0.717, 1.165) is 12.8 Å². The molecule has 1 saturated carbocycles. The van der Waals surface area contributed by atoms with Crippen LogP contribution >= 0.6 is 11.3 Å². The van der Waals surface area contributed by atoms with Crippen LogP contribution < -0.4 is 11.1 Å². The van der Waals surface area contributed by atoms with Crippen molar-refractivity contribution in [1.82, 2.24) is 0 Å². The largest absolute Gasteiger partial charge is 0.465 e. The highest BCUT2D eigenvalue weighted by Crippen LogP contribution is 2.37. The average Bonchev–Trinajstić information content (AvgIpc) is 2.76. The molecule has 3 N–H and O–H groups in total. The molecule has 0 amide bonds. The number of hydrogen-bond acceptors (Lipinski definition) is 6. The van der Waals surface area contributed by atoms with Gasteiger partial charge in [-0.2, -0.15) is 5.26 Å². The van der Waals surface area contributed by atoms with Crippen molar-refractivity contribution in [3.63, 3.8) is 0 Å². The standard InChI is InChI=1S/C15H21N3O2S/c1-20-15(19)13-12(17)11(9-16)14(21-13)18-10-7-5-3-2-4-6-8-10/h10,18H,2-8,17H2,1H3. The Balaban J connectivity index is 2.18. The number of methoxy groups -OCH3 is 1. The zero-order chi connectivity index (χ0) is 15.2. The summed E-state index contributed by atoms with van der Waals surface area (Å²) in [5.41, 5.74) is 6.49. The summed E-state index contributed by atoms with van der Waals surface area (Å²) >= 11 is 1.22. The van der Waals surface area contributed by atoms with Gasteiger partial charge in [0, 0.05) is 6.04 Å². The average molecular weight is 307 g/mol. The van der Waals surface area contributed by atoms with E-state index in [9.17, 15) is 10.1 Å². The van der Waals surface area contributed by atoms with Gasteiger partial charge in [0.15, 0.2) is 0 Å². The summed E-state index contributed by atoms with van der Waals surface area (Å²) in [4.78, 5) is 12.0. The van der Waals surface area contributed by atoms with Crippen LogP contribution in [0.1, 0.15) is 60.2 Å². The third-order valence-corrected chi connectivity index (χ3v) is 4.98. The summed E-state index contributed by atoms with van der Waals surface area (Å²) in [6.07, 6.45) is 8.43. The van der Waals surface area contributed by atoms with Crippen LogP contribution in [0.5, 0.6) is 0 Å². The van der Waals surface area contributed by atoms with Gasteiger partial charge < -0.3 is 15.8 Å². The van der Waals surface area contributed by atoms with E-state index in [4.69, 9.17) is 10.5 Å². The Kier molecular flexibility index (Phi) is 5.45. The Labute approximate surface area is 129 Å². The van der Waals surface area contributed by atoms with E-state index in [1.54, 1.807) is 0 Å². The third-order valence-electron chi connectivity index (χ3n) is 3.87. The molecule has 0 spiro atoms. The minimum Gasteiger partial charge on any atom is -0.465 e. The van der Waals surface area contributed by atoms with Crippen LogP contribution in [-0.2, 0) is 4.74 Å². The maximum absolute atomic E-state index is 11.7. The zero-order valence-electron chi connectivity index (χ0n) is 12.3. The predicted octanol–water partition coefficient (Wildman–Crippen LogP) is 3.51. The molecule has 1 heterocycles. The molecular formula is C15H21N3O2S. The second kappa shape index (κ2) is 7.32. The number of ether oxygens (including phenoxy) is 1. The number of nitrogen functional groups attached to an aromatic ring is 1. The van der Waals surface area contributed by atoms with Gasteiger partial charge in [-0.05, 0) is 12.8 Å². The SMILES string of the molecule is COC(=O)c1sc(NC2CCCCCCC2)c(C#N)c1N. The molecule has 0 unspecified atom stereocenters. The molecule has 1 aromatic rings. The first kappa shape index (κ1) is 15.6. The van der Waals surface area contributed by atoms with Crippen molar-refractivity contribution in [2.75, 3.05) is 18.2 Å². The number of hydrogen-bond donors (Lipinski definition) is 2. The lowest BCUT2D eigenvalue weighted by molar-refractivity contribution is 0.0607. The number of nitrogens with two attached hydrogens (primary N) is 1. The topological polar surface area (TPSA) is 88.1 Å². The lowest BCUT2D eigenvalue weighted by Gasteiger charge is -2.21. The first-order valence-corrected chi connectivity index (χ1v) is 8.16. The molecule has 2 rings (SSSR count). The number of nitriles is 1. The van der Waals surface area contributed by atoms with Crippen molar-refractivity contribution in [2.24, 2.45) is 0 Å². The van der Waals surface area contributed by atoms with Gasteiger partial charge in [-0.15, -0.1) is 11.3 Å². The molecule has 0 aromatic carbocycles. The van der Waals surface area contributed by atoms with Crippen molar-refractivity contribution in [3.05, 3.63) is 10.4 Å². The number of carbonyl (C=O) groups is 1. The van der Waals surface area contributed by atoms with Crippen molar-refractivity contribution < 1.29 is 9.53 Å². The Morgan fingerprint density at radius 1 is 1.33 bits per heavy atom. The van der Waals surface area contributed by atoms with Crippen LogP contribution in [0.3, 0.4) is 0 Å². The first-order valence-electron chi connectivity index (χ1n) is 7.34. The molecule has 1 aliphatic rings. The molecule has 1 fully saturated rings. The highest BCUT2D eigenvalue weighted by Gasteiger charge is 2.23. The van der Waals surface area contributed by atoms with Crippen LogP contribution in [0.25, 0.3) is 0 Å². The zero-order valence-corrected chi connectivity index (χ0v) is 13.1. The summed E-state index contributed by atoms with van der Waals surface area (Å²) in [5, 5.41) is 13.4. The Morgan fingerprint density at radius 2 is 1.95 bits per heavy atom. The van der Waals surface area contributed by atoms with Crippen LogP contribution in [0.15, 0.2) is 0 Å². The van der Waals surface area contributed by atoms with E-state index in [2.05, 4.69) is 11.4 Å².